The molecule has 1 heterocycles. The molecule has 0 radical (unpaired) electrons. The van der Waals surface area contributed by atoms with E-state index in [4.69, 9.17) is 27.8 Å². The standard InChI is InChI=1S/C24H22ClN3O2/c1-15(26)16-5-4-6-19(11-16)28-14-18(13-24(28)29)17-9-10-21(27)23(12-17)30-22-8-3-2-7-20(22)25/h2-12,18H,1,13-14,26-27H2/t18-/m0/s1. The van der Waals surface area contributed by atoms with Crippen LogP contribution in [0, 0.1) is 0 Å². The van der Waals surface area contributed by atoms with Crippen molar-refractivity contribution in [3.63, 3.8) is 0 Å². The topological polar surface area (TPSA) is 81.6 Å². The Hall–Kier alpha value is -3.44. The fourth-order valence-electron chi connectivity index (χ4n) is 3.59. The summed E-state index contributed by atoms with van der Waals surface area (Å²) in [5.41, 5.74) is 15.5. The van der Waals surface area contributed by atoms with E-state index in [1.165, 1.54) is 0 Å². The summed E-state index contributed by atoms with van der Waals surface area (Å²) in [4.78, 5) is 14.5. The molecule has 0 unspecified atom stereocenters. The fraction of sp³-hybridized carbons (Fsp3) is 0.125. The first-order valence-corrected chi connectivity index (χ1v) is 9.97. The van der Waals surface area contributed by atoms with E-state index in [2.05, 4.69) is 6.58 Å². The summed E-state index contributed by atoms with van der Waals surface area (Å²) in [6.45, 7) is 4.34. The van der Waals surface area contributed by atoms with Crippen molar-refractivity contribution in [2.24, 2.45) is 5.73 Å². The van der Waals surface area contributed by atoms with Crippen LogP contribution in [-0.4, -0.2) is 12.5 Å². The number of rotatable bonds is 5. The van der Waals surface area contributed by atoms with Gasteiger partial charge in [-0.3, -0.25) is 4.79 Å². The third-order valence-electron chi connectivity index (χ3n) is 5.22. The molecule has 0 bridgehead atoms. The molecule has 5 nitrogen and oxygen atoms in total. The van der Waals surface area contributed by atoms with Gasteiger partial charge in [0.15, 0.2) is 5.75 Å². The molecule has 1 saturated heterocycles. The molecule has 0 aromatic heterocycles. The van der Waals surface area contributed by atoms with Crippen LogP contribution in [0.15, 0.2) is 73.3 Å². The van der Waals surface area contributed by atoms with Crippen LogP contribution < -0.4 is 21.1 Å². The van der Waals surface area contributed by atoms with Crippen LogP contribution >= 0.6 is 11.6 Å². The number of para-hydroxylation sites is 1. The van der Waals surface area contributed by atoms with Crippen LogP contribution in [0.2, 0.25) is 5.02 Å². The van der Waals surface area contributed by atoms with Gasteiger partial charge in [0.1, 0.15) is 5.75 Å². The molecule has 0 aliphatic carbocycles. The maximum Gasteiger partial charge on any atom is 0.227 e. The van der Waals surface area contributed by atoms with Crippen LogP contribution in [-0.2, 0) is 4.79 Å². The number of carbonyl (C=O) groups is 1. The van der Waals surface area contributed by atoms with Crippen LogP contribution in [0.25, 0.3) is 5.70 Å². The van der Waals surface area contributed by atoms with Crippen molar-refractivity contribution in [2.45, 2.75) is 12.3 Å². The van der Waals surface area contributed by atoms with Crippen molar-refractivity contribution in [1.82, 2.24) is 0 Å². The number of anilines is 2. The first-order chi connectivity index (χ1) is 14.4. The molecule has 1 amide bonds. The van der Waals surface area contributed by atoms with Crippen LogP contribution in [0.4, 0.5) is 11.4 Å². The van der Waals surface area contributed by atoms with Crippen molar-refractivity contribution in [3.05, 3.63) is 89.5 Å². The summed E-state index contributed by atoms with van der Waals surface area (Å²) in [6.07, 6.45) is 0.406. The predicted octanol–water partition coefficient (Wildman–Crippen LogP) is 5.16. The second-order valence-corrected chi connectivity index (χ2v) is 7.72. The van der Waals surface area contributed by atoms with Crippen molar-refractivity contribution in [3.8, 4) is 11.5 Å². The van der Waals surface area contributed by atoms with E-state index in [0.717, 1.165) is 16.8 Å². The Morgan fingerprint density at radius 3 is 2.63 bits per heavy atom. The van der Waals surface area contributed by atoms with Gasteiger partial charge in [-0.2, -0.15) is 0 Å². The van der Waals surface area contributed by atoms with E-state index in [1.54, 1.807) is 23.1 Å². The second-order valence-electron chi connectivity index (χ2n) is 7.31. The Bertz CT molecular complexity index is 1130. The molecule has 3 aromatic carbocycles. The Kier molecular flexibility index (Phi) is 5.38. The van der Waals surface area contributed by atoms with Crippen molar-refractivity contribution in [2.75, 3.05) is 17.2 Å². The second kappa shape index (κ2) is 8.13. The smallest absolute Gasteiger partial charge is 0.227 e. The molecule has 1 aliphatic rings. The molecule has 6 heteroatoms. The van der Waals surface area contributed by atoms with Gasteiger partial charge in [-0.15, -0.1) is 0 Å². The molecule has 4 rings (SSSR count). The third-order valence-corrected chi connectivity index (χ3v) is 5.53. The molecule has 30 heavy (non-hydrogen) atoms. The zero-order valence-corrected chi connectivity index (χ0v) is 17.1. The number of hydrogen-bond donors (Lipinski definition) is 2. The van der Waals surface area contributed by atoms with E-state index < -0.39 is 0 Å². The zero-order chi connectivity index (χ0) is 21.3. The predicted molar refractivity (Wildman–Crippen MR) is 122 cm³/mol. The van der Waals surface area contributed by atoms with Gasteiger partial charge in [-0.1, -0.05) is 48.5 Å². The van der Waals surface area contributed by atoms with Crippen molar-refractivity contribution >= 4 is 34.6 Å². The highest BCUT2D eigenvalue weighted by Gasteiger charge is 2.32. The third kappa shape index (κ3) is 3.98. The summed E-state index contributed by atoms with van der Waals surface area (Å²) in [6, 6.07) is 20.4. The summed E-state index contributed by atoms with van der Waals surface area (Å²) in [5.74, 6) is 1.14. The lowest BCUT2D eigenvalue weighted by molar-refractivity contribution is -0.117. The zero-order valence-electron chi connectivity index (χ0n) is 16.3. The molecule has 1 aliphatic heterocycles. The summed E-state index contributed by atoms with van der Waals surface area (Å²) in [7, 11) is 0. The first kappa shape index (κ1) is 19.9. The minimum absolute atomic E-state index is 0.0245. The minimum Gasteiger partial charge on any atom is -0.454 e. The van der Waals surface area contributed by atoms with Gasteiger partial charge >= 0.3 is 0 Å². The maximum absolute atomic E-state index is 12.7. The number of ether oxygens (including phenoxy) is 1. The van der Waals surface area contributed by atoms with Crippen molar-refractivity contribution < 1.29 is 9.53 Å². The molecule has 4 N–H and O–H groups in total. The SMILES string of the molecule is C=C(N)c1cccc(N2C[C@@H](c3ccc(N)c(Oc4ccccc4Cl)c3)CC2=O)c1. The van der Waals surface area contributed by atoms with Gasteiger partial charge in [0.05, 0.1) is 10.7 Å². The van der Waals surface area contributed by atoms with E-state index in [-0.39, 0.29) is 11.8 Å². The number of nitrogens with two attached hydrogens (primary N) is 2. The average molecular weight is 420 g/mol. The van der Waals surface area contributed by atoms with Gasteiger partial charge in [0.2, 0.25) is 5.91 Å². The van der Waals surface area contributed by atoms with Gasteiger partial charge in [0, 0.05) is 30.3 Å². The lowest BCUT2D eigenvalue weighted by Gasteiger charge is -2.18. The quantitative estimate of drug-likeness (QED) is 0.559. The average Bonchev–Trinajstić information content (AvgIpc) is 3.13. The summed E-state index contributed by atoms with van der Waals surface area (Å²) < 4.78 is 5.94. The number of amides is 1. The number of halogens is 1. The highest BCUT2D eigenvalue weighted by Crippen LogP contribution is 2.37. The van der Waals surface area contributed by atoms with E-state index >= 15 is 0 Å². The van der Waals surface area contributed by atoms with Crippen LogP contribution in [0.1, 0.15) is 23.5 Å². The van der Waals surface area contributed by atoms with Gasteiger partial charge in [-0.05, 0) is 47.5 Å². The lowest BCUT2D eigenvalue weighted by atomic mass is 9.97. The Labute approximate surface area is 180 Å². The van der Waals surface area contributed by atoms with Gasteiger partial charge < -0.3 is 21.1 Å². The number of carbonyl (C=O) groups excluding carboxylic acids is 1. The largest absolute Gasteiger partial charge is 0.454 e. The van der Waals surface area contributed by atoms with Crippen molar-refractivity contribution in [1.29, 1.82) is 0 Å². The number of nitrogen functional groups attached to an aromatic ring is 1. The highest BCUT2D eigenvalue weighted by molar-refractivity contribution is 6.32. The van der Waals surface area contributed by atoms with Gasteiger partial charge in [0.25, 0.3) is 0 Å². The highest BCUT2D eigenvalue weighted by atomic mass is 35.5. The minimum atomic E-state index is 0.0245. The monoisotopic (exact) mass is 419 g/mol. The lowest BCUT2D eigenvalue weighted by Crippen LogP contribution is -2.24. The van der Waals surface area contributed by atoms with E-state index in [9.17, 15) is 4.79 Å². The Balaban J connectivity index is 1.58. The molecular formula is C24H22ClN3O2. The van der Waals surface area contributed by atoms with E-state index in [0.29, 0.717) is 40.9 Å². The van der Waals surface area contributed by atoms with Crippen LogP contribution in [0.3, 0.4) is 0 Å². The Morgan fingerprint density at radius 2 is 1.87 bits per heavy atom. The molecule has 1 atom stereocenters. The summed E-state index contributed by atoms with van der Waals surface area (Å²) in [5, 5.41) is 0.505. The molecule has 0 spiro atoms. The van der Waals surface area contributed by atoms with Crippen LogP contribution in [0.5, 0.6) is 11.5 Å². The van der Waals surface area contributed by atoms with E-state index in [1.807, 2.05) is 48.5 Å². The molecule has 1 fully saturated rings. The molecule has 152 valence electrons. The number of hydrogen-bond acceptors (Lipinski definition) is 4. The fourth-order valence-corrected chi connectivity index (χ4v) is 3.77. The molecular weight excluding hydrogens is 398 g/mol. The van der Waals surface area contributed by atoms with Gasteiger partial charge in [-0.25, -0.2) is 0 Å². The first-order valence-electron chi connectivity index (χ1n) is 9.59. The molecule has 0 saturated carbocycles. The molecule has 3 aromatic rings. The summed E-state index contributed by atoms with van der Waals surface area (Å²) >= 11 is 6.20. The normalized spacial score (nSPS) is 16.0. The Morgan fingerprint density at radius 1 is 1.07 bits per heavy atom. The number of nitrogens with zero attached hydrogens (tertiary/aromatic N) is 1. The maximum atomic E-state index is 12.7. The number of benzene rings is 3.